The molecule has 0 aromatic carbocycles. The highest BCUT2D eigenvalue weighted by Crippen LogP contribution is 2.41. The molecule has 2 saturated heterocycles. The Labute approximate surface area is 185 Å². The molecule has 13 heteroatoms. The maximum atomic E-state index is 12.8. The number of nitrogen functional groups attached to an aromatic ring is 1. The predicted octanol–water partition coefficient (Wildman–Crippen LogP) is -0.0663. The van der Waals surface area contributed by atoms with Gasteiger partial charge in [-0.25, -0.2) is 4.98 Å². The number of oxime groups is 1. The van der Waals surface area contributed by atoms with Crippen LogP contribution in [0.15, 0.2) is 33.5 Å². The minimum atomic E-state index is -0.861. The summed E-state index contributed by atoms with van der Waals surface area (Å²) in [5, 5.41) is 18.8. The molecule has 158 valence electrons. The van der Waals surface area contributed by atoms with E-state index in [1.54, 1.807) is 0 Å². The Hall–Kier alpha value is -2.35. The number of aromatic nitrogens is 1. The molecule has 3 aliphatic heterocycles. The fourth-order valence-corrected chi connectivity index (χ4v) is 5.63. The van der Waals surface area contributed by atoms with E-state index in [9.17, 15) is 19.6 Å². The molecule has 0 radical (unpaired) electrons. The first-order valence-corrected chi connectivity index (χ1v) is 11.3. The number of allylic oxidation sites excluding steroid dienone is 1. The maximum absolute atomic E-state index is 12.8. The lowest BCUT2D eigenvalue weighted by molar-refractivity contribution is -0.146. The molecule has 5 N–H and O–H groups in total. The van der Waals surface area contributed by atoms with Gasteiger partial charge in [-0.05, 0) is 18.5 Å². The highest BCUT2D eigenvalue weighted by atomic mass is 32.2. The van der Waals surface area contributed by atoms with Crippen molar-refractivity contribution >= 4 is 63.5 Å². The van der Waals surface area contributed by atoms with E-state index in [1.807, 2.05) is 6.08 Å². The SMILES string of the molecule is Nc1nc(/C(=N/O)C(=O)NC2C(=O)N3C(C(=O)S)=C(C=C4CCNC4)CS[C@H]23)cs1. The number of nitrogens with two attached hydrogens (primary N) is 1. The zero-order chi connectivity index (χ0) is 21.4. The highest BCUT2D eigenvalue weighted by Gasteiger charge is 2.53. The van der Waals surface area contributed by atoms with Crippen LogP contribution in [0.5, 0.6) is 0 Å². The molecule has 4 rings (SSSR count). The Bertz CT molecular complexity index is 1010. The molecule has 4 heterocycles. The van der Waals surface area contributed by atoms with Crippen LogP contribution in [0.3, 0.4) is 0 Å². The summed E-state index contributed by atoms with van der Waals surface area (Å²) in [7, 11) is 0. The van der Waals surface area contributed by atoms with Gasteiger partial charge in [0.05, 0.1) is 0 Å². The first-order valence-electron chi connectivity index (χ1n) is 8.96. The van der Waals surface area contributed by atoms with E-state index in [-0.39, 0.29) is 22.2 Å². The number of amides is 2. The molecule has 2 fully saturated rings. The Balaban J connectivity index is 1.53. The van der Waals surface area contributed by atoms with Crippen molar-refractivity contribution in [3.05, 3.63) is 34.0 Å². The van der Waals surface area contributed by atoms with Crippen LogP contribution in [0.1, 0.15) is 12.1 Å². The van der Waals surface area contributed by atoms with E-state index in [0.29, 0.717) is 5.75 Å². The summed E-state index contributed by atoms with van der Waals surface area (Å²) in [5.41, 5.74) is 7.50. The lowest BCUT2D eigenvalue weighted by atomic mass is 10.0. The molecule has 1 aromatic heterocycles. The van der Waals surface area contributed by atoms with Crippen LogP contribution in [-0.4, -0.2) is 68.0 Å². The van der Waals surface area contributed by atoms with Gasteiger partial charge in [-0.2, -0.15) is 0 Å². The number of carbonyl (C=O) groups is 3. The summed E-state index contributed by atoms with van der Waals surface area (Å²) >= 11 is 6.50. The van der Waals surface area contributed by atoms with Crippen LogP contribution in [0.2, 0.25) is 0 Å². The van der Waals surface area contributed by atoms with Crippen molar-refractivity contribution in [1.82, 2.24) is 20.5 Å². The number of thiol groups is 1. The second kappa shape index (κ2) is 8.41. The minimum Gasteiger partial charge on any atom is -0.410 e. The molecule has 30 heavy (non-hydrogen) atoms. The number of nitrogens with one attached hydrogen (secondary N) is 2. The largest absolute Gasteiger partial charge is 0.410 e. The fourth-order valence-electron chi connectivity index (χ4n) is 3.53. The summed E-state index contributed by atoms with van der Waals surface area (Å²) < 4.78 is 0. The van der Waals surface area contributed by atoms with E-state index in [2.05, 4.69) is 33.4 Å². The molecule has 0 bridgehead atoms. The van der Waals surface area contributed by atoms with Crippen molar-refractivity contribution in [1.29, 1.82) is 0 Å². The third-order valence-corrected chi connectivity index (χ3v) is 7.11. The molecule has 1 aromatic rings. The summed E-state index contributed by atoms with van der Waals surface area (Å²) in [6.45, 7) is 1.64. The zero-order valence-corrected chi connectivity index (χ0v) is 18.0. The van der Waals surface area contributed by atoms with Gasteiger partial charge in [0.25, 0.3) is 11.8 Å². The third kappa shape index (κ3) is 3.73. The minimum absolute atomic E-state index is 0.114. The number of thiazole rings is 1. The lowest BCUT2D eigenvalue weighted by Crippen LogP contribution is -2.70. The molecule has 2 atom stereocenters. The van der Waals surface area contributed by atoms with E-state index in [4.69, 9.17) is 5.73 Å². The molecular formula is C17H18N6O4S3. The van der Waals surface area contributed by atoms with Crippen molar-refractivity contribution in [3.8, 4) is 0 Å². The first kappa shape index (κ1) is 20.9. The Morgan fingerprint density at radius 1 is 1.50 bits per heavy atom. The second-order valence-electron chi connectivity index (χ2n) is 6.79. The van der Waals surface area contributed by atoms with Crippen LogP contribution in [-0.2, 0) is 14.4 Å². The molecule has 0 aliphatic carbocycles. The average Bonchev–Trinajstić information content (AvgIpc) is 3.38. The second-order valence-corrected chi connectivity index (χ2v) is 9.19. The smallest absolute Gasteiger partial charge is 0.276 e. The highest BCUT2D eigenvalue weighted by molar-refractivity contribution is 8.00. The van der Waals surface area contributed by atoms with Crippen molar-refractivity contribution in [3.63, 3.8) is 0 Å². The number of thioether (sulfide) groups is 1. The number of anilines is 1. The monoisotopic (exact) mass is 466 g/mol. The van der Waals surface area contributed by atoms with Crippen LogP contribution in [0.25, 0.3) is 0 Å². The summed E-state index contributed by atoms with van der Waals surface area (Å²) in [4.78, 5) is 42.8. The van der Waals surface area contributed by atoms with Crippen molar-refractivity contribution in [2.45, 2.75) is 17.8 Å². The van der Waals surface area contributed by atoms with Gasteiger partial charge in [-0.3, -0.25) is 19.3 Å². The fraction of sp³-hybridized carbons (Fsp3) is 0.353. The van der Waals surface area contributed by atoms with Gasteiger partial charge in [0.15, 0.2) is 10.8 Å². The van der Waals surface area contributed by atoms with Gasteiger partial charge >= 0.3 is 0 Å². The topological polar surface area (TPSA) is 150 Å². The van der Waals surface area contributed by atoms with Gasteiger partial charge in [-0.15, -0.1) is 23.1 Å². The summed E-state index contributed by atoms with van der Waals surface area (Å²) in [5.74, 6) is -0.669. The molecule has 1 unspecified atom stereocenters. The standard InChI is InChI=1S/C17H18N6O4S3/c18-17-20-9(6-30-17)10(22-27)13(24)21-11-14(25)23-12(16(26)28)8(5-29-15(11)23)3-7-1-2-19-4-7/h3,6,11,15,19,27H,1-2,4-5H2,(H2,18,20)(H,21,24)(H,26,28)/b7-3?,22-10-/t11?,15-/m1/s1. The zero-order valence-electron chi connectivity index (χ0n) is 15.5. The van der Waals surface area contributed by atoms with Crippen molar-refractivity contribution in [2.75, 3.05) is 24.6 Å². The van der Waals surface area contributed by atoms with Crippen molar-refractivity contribution in [2.24, 2.45) is 5.16 Å². The molecular weight excluding hydrogens is 448 g/mol. The number of fused-ring (bicyclic) bond motifs is 1. The first-order chi connectivity index (χ1) is 14.4. The van der Waals surface area contributed by atoms with Crippen LogP contribution in [0.4, 0.5) is 5.13 Å². The normalized spacial score (nSPS) is 25.4. The van der Waals surface area contributed by atoms with Crippen LogP contribution < -0.4 is 16.4 Å². The van der Waals surface area contributed by atoms with Crippen LogP contribution in [0, 0.1) is 0 Å². The van der Waals surface area contributed by atoms with E-state index < -0.39 is 28.3 Å². The molecule has 10 nitrogen and oxygen atoms in total. The summed E-state index contributed by atoms with van der Waals surface area (Å²) in [6.07, 6.45) is 2.84. The number of β-lactam (4-membered cyclic amide) rings is 1. The quantitative estimate of drug-likeness (QED) is 0.133. The van der Waals surface area contributed by atoms with Gasteiger partial charge in [0, 0.05) is 17.7 Å². The van der Waals surface area contributed by atoms with E-state index >= 15 is 0 Å². The Morgan fingerprint density at radius 2 is 2.30 bits per heavy atom. The van der Waals surface area contributed by atoms with Crippen LogP contribution >= 0.6 is 35.7 Å². The third-order valence-electron chi connectivity index (χ3n) is 4.92. The number of carbonyl (C=O) groups excluding carboxylic acids is 3. The maximum Gasteiger partial charge on any atom is 0.276 e. The molecule has 2 amide bonds. The number of hydrogen-bond acceptors (Lipinski definition) is 10. The number of rotatable bonds is 5. The van der Waals surface area contributed by atoms with Crippen molar-refractivity contribution < 1.29 is 19.6 Å². The van der Waals surface area contributed by atoms with Gasteiger partial charge in [0.2, 0.25) is 5.12 Å². The Kier molecular flexibility index (Phi) is 5.86. The number of hydrogen-bond donors (Lipinski definition) is 5. The summed E-state index contributed by atoms with van der Waals surface area (Å²) in [6, 6.07) is -0.861. The Morgan fingerprint density at radius 3 is 2.90 bits per heavy atom. The van der Waals surface area contributed by atoms with Gasteiger partial charge in [0.1, 0.15) is 22.8 Å². The number of nitrogens with zero attached hydrogens (tertiary/aromatic N) is 3. The van der Waals surface area contributed by atoms with Gasteiger partial charge in [-0.1, -0.05) is 29.4 Å². The molecule has 0 spiro atoms. The molecule has 0 saturated carbocycles. The van der Waals surface area contributed by atoms with E-state index in [1.165, 1.54) is 27.6 Å². The van der Waals surface area contributed by atoms with Gasteiger partial charge < -0.3 is 21.6 Å². The molecule has 3 aliphatic rings. The lowest BCUT2D eigenvalue weighted by Gasteiger charge is -2.49. The average molecular weight is 467 g/mol. The predicted molar refractivity (Wildman–Crippen MR) is 116 cm³/mol. The van der Waals surface area contributed by atoms with E-state index in [0.717, 1.165) is 36.4 Å².